The minimum absolute atomic E-state index is 0.796. The maximum Gasteiger partial charge on any atom is 0.140 e. The van der Waals surface area contributed by atoms with Crippen LogP contribution in [0.25, 0.3) is 11.0 Å². The van der Waals surface area contributed by atoms with Crippen LogP contribution in [-0.4, -0.2) is 35.7 Å². The SMILES string of the molecule is COc1cnc2c(c1)c(CN(C)C)cn2Cc1ccccc1. The van der Waals surface area contributed by atoms with Gasteiger partial charge >= 0.3 is 0 Å². The van der Waals surface area contributed by atoms with E-state index in [1.165, 1.54) is 11.1 Å². The van der Waals surface area contributed by atoms with Gasteiger partial charge in [-0.1, -0.05) is 30.3 Å². The summed E-state index contributed by atoms with van der Waals surface area (Å²) in [6.45, 7) is 1.71. The maximum atomic E-state index is 5.32. The van der Waals surface area contributed by atoms with Crippen LogP contribution in [-0.2, 0) is 13.1 Å². The lowest BCUT2D eigenvalue weighted by atomic mass is 10.2. The summed E-state index contributed by atoms with van der Waals surface area (Å²) in [7, 11) is 5.83. The molecule has 3 aromatic rings. The molecule has 0 unspecified atom stereocenters. The molecular formula is C18H21N3O. The summed E-state index contributed by atoms with van der Waals surface area (Å²) in [5.74, 6) is 0.796. The summed E-state index contributed by atoms with van der Waals surface area (Å²) in [6.07, 6.45) is 3.98. The summed E-state index contributed by atoms with van der Waals surface area (Å²) in [5.41, 5.74) is 3.54. The second-order valence-electron chi connectivity index (χ2n) is 5.75. The van der Waals surface area contributed by atoms with Crippen molar-refractivity contribution in [2.24, 2.45) is 0 Å². The lowest BCUT2D eigenvalue weighted by Crippen LogP contribution is -2.10. The van der Waals surface area contributed by atoms with Crippen LogP contribution in [0.1, 0.15) is 11.1 Å². The molecule has 0 fully saturated rings. The minimum atomic E-state index is 0.796. The van der Waals surface area contributed by atoms with Gasteiger partial charge in [-0.2, -0.15) is 0 Å². The van der Waals surface area contributed by atoms with Gasteiger partial charge in [0.05, 0.1) is 13.3 Å². The quantitative estimate of drug-likeness (QED) is 0.724. The molecule has 22 heavy (non-hydrogen) atoms. The summed E-state index contributed by atoms with van der Waals surface area (Å²) < 4.78 is 7.54. The Balaban J connectivity index is 2.06. The maximum absolute atomic E-state index is 5.32. The molecule has 114 valence electrons. The number of aromatic nitrogens is 2. The number of benzene rings is 1. The Labute approximate surface area is 131 Å². The van der Waals surface area contributed by atoms with Crippen LogP contribution in [0.15, 0.2) is 48.8 Å². The lowest BCUT2D eigenvalue weighted by Gasteiger charge is -2.08. The third-order valence-electron chi connectivity index (χ3n) is 3.69. The molecule has 0 bridgehead atoms. The van der Waals surface area contributed by atoms with Crippen molar-refractivity contribution in [3.8, 4) is 5.75 Å². The highest BCUT2D eigenvalue weighted by molar-refractivity contribution is 5.81. The average molecular weight is 295 g/mol. The summed E-state index contributed by atoms with van der Waals surface area (Å²) in [5, 5.41) is 1.16. The zero-order chi connectivity index (χ0) is 15.5. The van der Waals surface area contributed by atoms with E-state index in [9.17, 15) is 0 Å². The van der Waals surface area contributed by atoms with Gasteiger partial charge in [-0.05, 0) is 31.3 Å². The van der Waals surface area contributed by atoms with Gasteiger partial charge in [-0.3, -0.25) is 0 Å². The van der Waals surface area contributed by atoms with Crippen LogP contribution >= 0.6 is 0 Å². The Morgan fingerprint density at radius 3 is 2.64 bits per heavy atom. The number of nitrogens with zero attached hydrogens (tertiary/aromatic N) is 3. The molecule has 0 radical (unpaired) electrons. The second-order valence-corrected chi connectivity index (χ2v) is 5.75. The Bertz CT molecular complexity index is 763. The van der Waals surface area contributed by atoms with Crippen molar-refractivity contribution in [3.63, 3.8) is 0 Å². The second kappa shape index (κ2) is 6.20. The molecule has 0 aliphatic carbocycles. The molecule has 4 nitrogen and oxygen atoms in total. The van der Waals surface area contributed by atoms with Crippen molar-refractivity contribution >= 4 is 11.0 Å². The molecule has 0 amide bonds. The fourth-order valence-corrected chi connectivity index (χ4v) is 2.70. The zero-order valence-electron chi connectivity index (χ0n) is 13.3. The van der Waals surface area contributed by atoms with Crippen LogP contribution in [0.3, 0.4) is 0 Å². The molecule has 3 rings (SSSR count). The van der Waals surface area contributed by atoms with Gasteiger partial charge in [0, 0.05) is 24.7 Å². The molecule has 0 saturated heterocycles. The first-order valence-electron chi connectivity index (χ1n) is 7.38. The summed E-state index contributed by atoms with van der Waals surface area (Å²) in [6, 6.07) is 12.5. The molecule has 0 aliphatic heterocycles. The smallest absolute Gasteiger partial charge is 0.140 e. The van der Waals surface area contributed by atoms with Gasteiger partial charge in [0.25, 0.3) is 0 Å². The Morgan fingerprint density at radius 2 is 1.95 bits per heavy atom. The molecular weight excluding hydrogens is 274 g/mol. The standard InChI is InChI=1S/C18H21N3O/c1-20(2)12-15-13-21(11-14-7-5-4-6-8-14)18-17(15)9-16(22-3)10-19-18/h4-10,13H,11-12H2,1-3H3. The number of pyridine rings is 1. The van der Waals surface area contributed by atoms with Gasteiger partial charge in [-0.25, -0.2) is 4.98 Å². The first-order chi connectivity index (χ1) is 10.7. The Kier molecular flexibility index (Phi) is 4.11. The lowest BCUT2D eigenvalue weighted by molar-refractivity contribution is 0.403. The van der Waals surface area contributed by atoms with Crippen molar-refractivity contribution < 1.29 is 4.74 Å². The average Bonchev–Trinajstić information content (AvgIpc) is 2.84. The van der Waals surface area contributed by atoms with E-state index in [0.29, 0.717) is 0 Å². The molecule has 4 heteroatoms. The molecule has 0 atom stereocenters. The zero-order valence-corrected chi connectivity index (χ0v) is 13.3. The van der Waals surface area contributed by atoms with Crippen molar-refractivity contribution in [3.05, 3.63) is 59.9 Å². The van der Waals surface area contributed by atoms with Crippen molar-refractivity contribution in [1.29, 1.82) is 0 Å². The fraction of sp³-hybridized carbons (Fsp3) is 0.278. The largest absolute Gasteiger partial charge is 0.495 e. The number of fused-ring (bicyclic) bond motifs is 1. The monoisotopic (exact) mass is 295 g/mol. The van der Waals surface area contributed by atoms with E-state index in [1.807, 2.05) is 6.07 Å². The molecule has 0 N–H and O–H groups in total. The van der Waals surface area contributed by atoms with Crippen molar-refractivity contribution in [2.45, 2.75) is 13.1 Å². The number of rotatable bonds is 5. The third kappa shape index (κ3) is 2.97. The predicted molar refractivity (Wildman–Crippen MR) is 89.2 cm³/mol. The number of hydrogen-bond donors (Lipinski definition) is 0. The van der Waals surface area contributed by atoms with Gasteiger partial charge in [0.15, 0.2) is 0 Å². The van der Waals surface area contributed by atoms with Crippen LogP contribution in [0, 0.1) is 0 Å². The molecule has 2 heterocycles. The number of hydrogen-bond acceptors (Lipinski definition) is 3. The highest BCUT2D eigenvalue weighted by Crippen LogP contribution is 2.25. The van der Waals surface area contributed by atoms with E-state index < -0.39 is 0 Å². The highest BCUT2D eigenvalue weighted by atomic mass is 16.5. The van der Waals surface area contributed by atoms with E-state index in [4.69, 9.17) is 4.74 Å². The fourth-order valence-electron chi connectivity index (χ4n) is 2.70. The van der Waals surface area contributed by atoms with Crippen LogP contribution in [0.4, 0.5) is 0 Å². The molecule has 0 aliphatic rings. The van der Waals surface area contributed by atoms with E-state index in [1.54, 1.807) is 13.3 Å². The number of methoxy groups -OCH3 is 1. The summed E-state index contributed by atoms with van der Waals surface area (Å²) in [4.78, 5) is 6.76. The van der Waals surface area contributed by atoms with Crippen LogP contribution in [0.2, 0.25) is 0 Å². The molecule has 0 spiro atoms. The molecule has 0 saturated carbocycles. The van der Waals surface area contributed by atoms with Gasteiger partial charge in [0.2, 0.25) is 0 Å². The predicted octanol–water partition coefficient (Wildman–Crippen LogP) is 3.15. The summed E-state index contributed by atoms with van der Waals surface area (Å²) >= 11 is 0. The van der Waals surface area contributed by atoms with E-state index in [2.05, 4.69) is 65.1 Å². The van der Waals surface area contributed by atoms with E-state index in [0.717, 1.165) is 29.9 Å². The van der Waals surface area contributed by atoms with Gasteiger partial charge < -0.3 is 14.2 Å². The van der Waals surface area contributed by atoms with E-state index in [-0.39, 0.29) is 0 Å². The van der Waals surface area contributed by atoms with Crippen molar-refractivity contribution in [2.75, 3.05) is 21.2 Å². The normalized spacial score (nSPS) is 11.3. The first-order valence-corrected chi connectivity index (χ1v) is 7.38. The Hall–Kier alpha value is -2.33. The van der Waals surface area contributed by atoms with Crippen LogP contribution in [0.5, 0.6) is 5.75 Å². The topological polar surface area (TPSA) is 30.3 Å². The van der Waals surface area contributed by atoms with Gasteiger partial charge in [0.1, 0.15) is 11.4 Å². The third-order valence-corrected chi connectivity index (χ3v) is 3.69. The van der Waals surface area contributed by atoms with Crippen LogP contribution < -0.4 is 4.74 Å². The number of ether oxygens (including phenoxy) is 1. The first kappa shape index (κ1) is 14.6. The molecule has 2 aromatic heterocycles. The Morgan fingerprint density at radius 1 is 1.18 bits per heavy atom. The van der Waals surface area contributed by atoms with E-state index >= 15 is 0 Å². The highest BCUT2D eigenvalue weighted by Gasteiger charge is 2.12. The molecule has 1 aromatic carbocycles. The van der Waals surface area contributed by atoms with Crippen molar-refractivity contribution in [1.82, 2.24) is 14.5 Å². The van der Waals surface area contributed by atoms with Gasteiger partial charge in [-0.15, -0.1) is 0 Å². The minimum Gasteiger partial charge on any atom is -0.495 e.